The first-order chi connectivity index (χ1) is 15.8. The topological polar surface area (TPSA) is 66.6 Å². The molecule has 5 nitrogen and oxygen atoms in total. The van der Waals surface area contributed by atoms with E-state index in [1.54, 1.807) is 0 Å². The van der Waals surface area contributed by atoms with Gasteiger partial charge in [-0.3, -0.25) is 4.79 Å². The lowest BCUT2D eigenvalue weighted by Gasteiger charge is -2.28. The van der Waals surface area contributed by atoms with Gasteiger partial charge in [-0.25, -0.2) is 14.3 Å². The monoisotopic (exact) mass is 478 g/mol. The molecule has 0 bridgehead atoms. The van der Waals surface area contributed by atoms with E-state index in [0.717, 1.165) is 49.4 Å². The van der Waals surface area contributed by atoms with Crippen molar-refractivity contribution in [3.05, 3.63) is 65.1 Å². The first kappa shape index (κ1) is 23.2. The number of alkyl halides is 2. The maximum absolute atomic E-state index is 13.8. The molecule has 0 radical (unpaired) electrons. The first-order valence-electron chi connectivity index (χ1n) is 10.6. The third-order valence-corrected chi connectivity index (χ3v) is 6.34. The number of rotatable bonds is 7. The standard InChI is InChI=1S/C24H22ClF3N2O3/c25-19-12-18(26)9-10-20(19)30(23(27)28)24-29-13-21(33-24)17-7-5-16(6-8-17)15-3-1-14(2-4-15)11-22(31)32/h5-10,12-15,23H,1-4,11H2,(H,31,32). The van der Waals surface area contributed by atoms with Gasteiger partial charge in [0, 0.05) is 12.0 Å². The highest BCUT2D eigenvalue weighted by Gasteiger charge is 2.27. The summed E-state index contributed by atoms with van der Waals surface area (Å²) >= 11 is 5.95. The maximum atomic E-state index is 13.8. The van der Waals surface area contributed by atoms with Gasteiger partial charge in [0.15, 0.2) is 5.76 Å². The zero-order chi connectivity index (χ0) is 23.5. The fourth-order valence-electron chi connectivity index (χ4n) is 4.34. The minimum absolute atomic E-state index is 0.115. The predicted octanol–water partition coefficient (Wildman–Crippen LogP) is 7.24. The average Bonchev–Trinajstić information content (AvgIpc) is 3.25. The van der Waals surface area contributed by atoms with Gasteiger partial charge in [-0.2, -0.15) is 8.78 Å². The fraction of sp³-hybridized carbons (Fsp3) is 0.333. The summed E-state index contributed by atoms with van der Waals surface area (Å²) in [5.74, 6) is -0.476. The summed E-state index contributed by atoms with van der Waals surface area (Å²) in [6.07, 6.45) is 5.22. The third kappa shape index (κ3) is 5.33. The molecule has 1 aliphatic carbocycles. The van der Waals surface area contributed by atoms with Crippen LogP contribution in [0.5, 0.6) is 0 Å². The van der Waals surface area contributed by atoms with Crippen LogP contribution in [0.15, 0.2) is 53.1 Å². The van der Waals surface area contributed by atoms with Crippen molar-refractivity contribution in [3.63, 3.8) is 0 Å². The summed E-state index contributed by atoms with van der Waals surface area (Å²) < 4.78 is 46.4. The Hall–Kier alpha value is -3.00. The van der Waals surface area contributed by atoms with E-state index in [4.69, 9.17) is 21.1 Å². The van der Waals surface area contributed by atoms with E-state index in [9.17, 15) is 18.0 Å². The molecule has 1 aliphatic rings. The number of anilines is 2. The molecule has 1 fully saturated rings. The Kier molecular flexibility index (Phi) is 6.93. The van der Waals surface area contributed by atoms with Gasteiger partial charge < -0.3 is 9.52 Å². The van der Waals surface area contributed by atoms with Crippen molar-refractivity contribution in [2.45, 2.75) is 44.6 Å². The summed E-state index contributed by atoms with van der Waals surface area (Å²) in [5, 5.41) is 8.78. The molecule has 0 saturated heterocycles. The van der Waals surface area contributed by atoms with Crippen LogP contribution >= 0.6 is 11.6 Å². The highest BCUT2D eigenvalue weighted by atomic mass is 35.5. The molecule has 1 saturated carbocycles. The molecule has 9 heteroatoms. The van der Waals surface area contributed by atoms with Crippen LogP contribution in [0.3, 0.4) is 0 Å². The molecule has 1 aromatic heterocycles. The van der Waals surface area contributed by atoms with Crippen LogP contribution in [0.1, 0.15) is 43.6 Å². The highest BCUT2D eigenvalue weighted by Crippen LogP contribution is 2.39. The van der Waals surface area contributed by atoms with Gasteiger partial charge in [0.05, 0.1) is 16.9 Å². The zero-order valence-corrected chi connectivity index (χ0v) is 18.3. The second-order valence-corrected chi connectivity index (χ2v) is 8.60. The number of carboxylic acid groups (broad SMARTS) is 1. The predicted molar refractivity (Wildman–Crippen MR) is 118 cm³/mol. The van der Waals surface area contributed by atoms with Gasteiger partial charge in [-0.1, -0.05) is 35.9 Å². The summed E-state index contributed by atoms with van der Waals surface area (Å²) in [4.78, 5) is 15.4. The molecule has 33 heavy (non-hydrogen) atoms. The number of carbonyl (C=O) groups is 1. The molecule has 4 rings (SSSR count). The SMILES string of the molecule is O=C(O)CC1CCC(c2ccc(-c3cnc(N(c4ccc(F)cc4Cl)C(F)F)o3)cc2)CC1. The Balaban J connectivity index is 1.49. The Morgan fingerprint density at radius 2 is 1.85 bits per heavy atom. The Bertz CT molecular complexity index is 1110. The molecule has 1 heterocycles. The summed E-state index contributed by atoms with van der Waals surface area (Å²) in [7, 11) is 0. The lowest BCUT2D eigenvalue weighted by Crippen LogP contribution is -2.23. The van der Waals surface area contributed by atoms with Gasteiger partial charge in [0.2, 0.25) is 0 Å². The number of hydrogen-bond donors (Lipinski definition) is 1. The average molecular weight is 479 g/mol. The number of aromatic nitrogens is 1. The number of nitrogens with zero attached hydrogens (tertiary/aromatic N) is 2. The van der Waals surface area contributed by atoms with Crippen LogP contribution in [0.25, 0.3) is 11.3 Å². The Labute approximate surface area is 193 Å². The third-order valence-electron chi connectivity index (χ3n) is 6.04. The second kappa shape index (κ2) is 9.87. The molecule has 0 spiro atoms. The van der Waals surface area contributed by atoms with E-state index in [1.165, 1.54) is 6.20 Å². The van der Waals surface area contributed by atoms with Gasteiger partial charge in [0.1, 0.15) is 5.82 Å². The molecule has 0 unspecified atom stereocenters. The van der Waals surface area contributed by atoms with E-state index >= 15 is 0 Å². The number of carboxylic acids is 1. The van der Waals surface area contributed by atoms with Gasteiger partial charge in [-0.05, 0) is 61.3 Å². The minimum atomic E-state index is -3.00. The van der Waals surface area contributed by atoms with Crippen molar-refractivity contribution < 1.29 is 27.5 Å². The van der Waals surface area contributed by atoms with Crippen LogP contribution in [-0.2, 0) is 4.79 Å². The summed E-state index contributed by atoms with van der Waals surface area (Å²) in [6, 6.07) is 10.4. The van der Waals surface area contributed by atoms with Crippen molar-refractivity contribution in [3.8, 4) is 11.3 Å². The van der Waals surface area contributed by atoms with Crippen molar-refractivity contribution in [2.24, 2.45) is 5.92 Å². The van der Waals surface area contributed by atoms with Gasteiger partial charge in [-0.15, -0.1) is 0 Å². The molecule has 174 valence electrons. The minimum Gasteiger partial charge on any atom is -0.481 e. The fourth-order valence-corrected chi connectivity index (χ4v) is 4.60. The van der Waals surface area contributed by atoms with Gasteiger partial charge >= 0.3 is 18.5 Å². The van der Waals surface area contributed by atoms with Crippen molar-refractivity contribution in [1.29, 1.82) is 0 Å². The Morgan fingerprint density at radius 3 is 2.45 bits per heavy atom. The van der Waals surface area contributed by atoms with E-state index in [-0.39, 0.29) is 29.1 Å². The van der Waals surface area contributed by atoms with Crippen molar-refractivity contribution in [2.75, 3.05) is 4.90 Å². The lowest BCUT2D eigenvalue weighted by atomic mass is 9.77. The van der Waals surface area contributed by atoms with Crippen molar-refractivity contribution in [1.82, 2.24) is 4.98 Å². The van der Waals surface area contributed by atoms with E-state index in [2.05, 4.69) is 4.98 Å². The Morgan fingerprint density at radius 1 is 1.15 bits per heavy atom. The zero-order valence-electron chi connectivity index (χ0n) is 17.6. The van der Waals surface area contributed by atoms with Crippen LogP contribution in [0.4, 0.5) is 24.9 Å². The maximum Gasteiger partial charge on any atom is 0.322 e. The smallest absolute Gasteiger partial charge is 0.322 e. The van der Waals surface area contributed by atoms with Gasteiger partial charge in [0.25, 0.3) is 0 Å². The number of halogens is 4. The first-order valence-corrected chi connectivity index (χ1v) is 11.0. The molecule has 0 aliphatic heterocycles. The van der Waals surface area contributed by atoms with Crippen LogP contribution in [0, 0.1) is 11.7 Å². The van der Waals surface area contributed by atoms with Crippen molar-refractivity contribution >= 4 is 29.3 Å². The summed E-state index contributed by atoms with van der Waals surface area (Å²) in [6.45, 7) is -3.00. The molecule has 1 N–H and O–H groups in total. The molecule has 2 aromatic carbocycles. The van der Waals surface area contributed by atoms with E-state index in [0.29, 0.717) is 22.1 Å². The highest BCUT2D eigenvalue weighted by molar-refractivity contribution is 6.33. The molecule has 3 aromatic rings. The van der Waals surface area contributed by atoms with E-state index < -0.39 is 18.3 Å². The van der Waals surface area contributed by atoms with Crippen LogP contribution in [-0.4, -0.2) is 22.6 Å². The molecular formula is C24H22ClF3N2O3. The molecule has 0 amide bonds. The molecular weight excluding hydrogens is 457 g/mol. The van der Waals surface area contributed by atoms with Crippen LogP contribution < -0.4 is 4.90 Å². The second-order valence-electron chi connectivity index (χ2n) is 8.19. The molecule has 0 atom stereocenters. The number of benzene rings is 2. The largest absolute Gasteiger partial charge is 0.481 e. The van der Waals surface area contributed by atoms with Crippen LogP contribution in [0.2, 0.25) is 5.02 Å². The number of aliphatic carboxylic acids is 1. The number of oxazole rings is 1. The quantitative estimate of drug-likeness (QED) is 0.362. The van der Waals surface area contributed by atoms with E-state index in [1.807, 2.05) is 24.3 Å². The lowest BCUT2D eigenvalue weighted by molar-refractivity contribution is -0.138. The summed E-state index contributed by atoms with van der Waals surface area (Å²) in [5.41, 5.74) is 1.71. The number of hydrogen-bond acceptors (Lipinski definition) is 4. The normalized spacial score (nSPS) is 18.5.